The molecule has 0 aromatic heterocycles. The summed E-state index contributed by atoms with van der Waals surface area (Å²) in [4.78, 5) is 0. The molecule has 0 radical (unpaired) electrons. The van der Waals surface area contributed by atoms with E-state index in [4.69, 9.17) is 28.4 Å². The predicted octanol–water partition coefficient (Wildman–Crippen LogP) is 14.6. The van der Waals surface area contributed by atoms with Crippen LogP contribution in [0, 0.1) is 11.6 Å². The van der Waals surface area contributed by atoms with Crippen LogP contribution in [0.4, 0.5) is 8.78 Å². The molecule has 0 aliphatic heterocycles. The Hall–Kier alpha value is -6.80. The van der Waals surface area contributed by atoms with Gasteiger partial charge in [-0.3, -0.25) is 0 Å². The fourth-order valence-corrected chi connectivity index (χ4v) is 6.00. The molecule has 0 heterocycles. The molecule has 0 saturated carbocycles. The second kappa shape index (κ2) is 18.0. The predicted molar refractivity (Wildman–Crippen MR) is 213 cm³/mol. The van der Waals surface area contributed by atoms with E-state index in [0.717, 1.165) is 12.8 Å². The van der Waals surface area contributed by atoms with Gasteiger partial charge < -0.3 is 28.4 Å². The van der Waals surface area contributed by atoms with Gasteiger partial charge in [-0.25, -0.2) is 8.78 Å². The Balaban J connectivity index is 1.04. The first-order valence-electron chi connectivity index (χ1n) is 18.6. The fourth-order valence-electron chi connectivity index (χ4n) is 6.00. The number of benzene rings is 7. The molecule has 7 rings (SSSR count). The average Bonchev–Trinajstić information content (AvgIpc) is 3.21. The van der Waals surface area contributed by atoms with Crippen molar-refractivity contribution in [3.05, 3.63) is 180 Å². The molecular formula is C48H40F2O6. The molecule has 7 aromatic rings. The van der Waals surface area contributed by atoms with E-state index >= 15 is 8.78 Å². The third-order valence-electron chi connectivity index (χ3n) is 8.63. The minimum atomic E-state index is -0.378. The van der Waals surface area contributed by atoms with Crippen LogP contribution in [-0.4, -0.2) is 0 Å². The van der Waals surface area contributed by atoms with Gasteiger partial charge in [-0.1, -0.05) is 99.5 Å². The zero-order valence-corrected chi connectivity index (χ0v) is 31.0. The molecule has 282 valence electrons. The Kier molecular flexibility index (Phi) is 12.1. The van der Waals surface area contributed by atoms with Crippen LogP contribution in [0.1, 0.15) is 37.8 Å². The molecule has 0 atom stereocenters. The first kappa shape index (κ1) is 37.5. The number of rotatable bonds is 16. The highest BCUT2D eigenvalue weighted by molar-refractivity contribution is 5.51. The van der Waals surface area contributed by atoms with Crippen LogP contribution in [0.2, 0.25) is 0 Å². The lowest BCUT2D eigenvalue weighted by molar-refractivity contribution is 0.394. The van der Waals surface area contributed by atoms with Crippen LogP contribution in [0.25, 0.3) is 0 Å². The van der Waals surface area contributed by atoms with Gasteiger partial charge >= 0.3 is 0 Å². The summed E-state index contributed by atoms with van der Waals surface area (Å²) >= 11 is 0. The minimum absolute atomic E-state index is 0.136. The summed E-state index contributed by atoms with van der Waals surface area (Å²) in [6, 6.07) is 46.2. The lowest BCUT2D eigenvalue weighted by atomic mass is 10.1. The van der Waals surface area contributed by atoms with E-state index < -0.39 is 0 Å². The van der Waals surface area contributed by atoms with E-state index in [0.29, 0.717) is 81.5 Å². The molecule has 6 nitrogen and oxygen atoms in total. The van der Waals surface area contributed by atoms with Crippen LogP contribution in [0.3, 0.4) is 0 Å². The maximum atomic E-state index is 15.2. The van der Waals surface area contributed by atoms with Crippen LogP contribution in [0.5, 0.6) is 69.0 Å². The molecule has 0 bridgehead atoms. The van der Waals surface area contributed by atoms with Crippen LogP contribution < -0.4 is 28.4 Å². The third-order valence-corrected chi connectivity index (χ3v) is 8.63. The molecule has 0 amide bonds. The van der Waals surface area contributed by atoms with Crippen LogP contribution in [-0.2, 0) is 12.8 Å². The molecular weight excluding hydrogens is 711 g/mol. The average molecular weight is 751 g/mol. The Morgan fingerprint density at radius 3 is 0.893 bits per heavy atom. The van der Waals surface area contributed by atoms with Crippen molar-refractivity contribution < 1.29 is 37.2 Å². The van der Waals surface area contributed by atoms with Crippen molar-refractivity contribution in [2.75, 3.05) is 0 Å². The van der Waals surface area contributed by atoms with Crippen LogP contribution >= 0.6 is 0 Å². The van der Waals surface area contributed by atoms with E-state index in [2.05, 4.69) is 0 Å². The maximum absolute atomic E-state index is 15.2. The van der Waals surface area contributed by atoms with Gasteiger partial charge in [-0.2, -0.15) is 0 Å². The molecule has 0 fully saturated rings. The van der Waals surface area contributed by atoms with Gasteiger partial charge in [0.25, 0.3) is 0 Å². The lowest BCUT2D eigenvalue weighted by Gasteiger charge is -2.16. The molecule has 0 unspecified atom stereocenters. The maximum Gasteiger partial charge on any atom is 0.170 e. The minimum Gasteiger partial charge on any atom is -0.453 e. The molecule has 56 heavy (non-hydrogen) atoms. The smallest absolute Gasteiger partial charge is 0.170 e. The number of ether oxygens (including phenoxy) is 6. The highest BCUT2D eigenvalue weighted by Crippen LogP contribution is 2.41. The standard InChI is InChI=1S/C48H40F2O6/c1-3-15-33-17-11-29-45(47(33)49)55-43-27-9-7-25-41(43)53-37-21-13-19-35(31-37)51-39-23-5-6-24-40(39)52-36-20-14-22-38(32-36)54-42-26-8-10-28-44(42)56-46-30-12-18-34(16-4-2)48(46)50/h5-14,17-32H,3-4,15-16H2,1-2H3. The summed E-state index contributed by atoms with van der Waals surface area (Å²) in [5.74, 6) is 4.00. The topological polar surface area (TPSA) is 55.4 Å². The van der Waals surface area contributed by atoms with Gasteiger partial charge in [0.05, 0.1) is 0 Å². The number of halogens is 2. The van der Waals surface area contributed by atoms with Crippen molar-refractivity contribution in [1.82, 2.24) is 0 Å². The summed E-state index contributed by atoms with van der Waals surface area (Å²) in [6.45, 7) is 4.01. The van der Waals surface area contributed by atoms with E-state index in [9.17, 15) is 0 Å². The molecule has 0 aliphatic carbocycles. The first-order chi connectivity index (χ1) is 27.5. The van der Waals surface area contributed by atoms with Crippen molar-refractivity contribution in [2.45, 2.75) is 39.5 Å². The monoisotopic (exact) mass is 750 g/mol. The van der Waals surface area contributed by atoms with Gasteiger partial charge in [0.2, 0.25) is 0 Å². The van der Waals surface area contributed by atoms with Gasteiger partial charge in [-0.15, -0.1) is 0 Å². The summed E-state index contributed by atoms with van der Waals surface area (Å²) in [5.41, 5.74) is 1.21. The van der Waals surface area contributed by atoms with Crippen LogP contribution in [0.15, 0.2) is 158 Å². The Morgan fingerprint density at radius 1 is 0.321 bits per heavy atom. The van der Waals surface area contributed by atoms with Crippen molar-refractivity contribution in [1.29, 1.82) is 0 Å². The number of para-hydroxylation sites is 6. The molecule has 0 saturated heterocycles. The van der Waals surface area contributed by atoms with Crippen molar-refractivity contribution in [2.24, 2.45) is 0 Å². The number of aryl methyl sites for hydroxylation is 2. The van der Waals surface area contributed by atoms with Crippen molar-refractivity contribution >= 4 is 0 Å². The number of hydrogen-bond donors (Lipinski definition) is 0. The number of hydrogen-bond acceptors (Lipinski definition) is 6. The van der Waals surface area contributed by atoms with E-state index in [1.54, 1.807) is 121 Å². The highest BCUT2D eigenvalue weighted by Gasteiger charge is 2.16. The quantitative estimate of drug-likeness (QED) is 0.0980. The molecule has 7 aromatic carbocycles. The van der Waals surface area contributed by atoms with Gasteiger partial charge in [0.1, 0.15) is 23.0 Å². The van der Waals surface area contributed by atoms with Crippen molar-refractivity contribution in [3.63, 3.8) is 0 Å². The Labute approximate surface area is 325 Å². The van der Waals surface area contributed by atoms with Gasteiger partial charge in [0, 0.05) is 12.1 Å². The second-order valence-electron chi connectivity index (χ2n) is 12.9. The first-order valence-corrected chi connectivity index (χ1v) is 18.6. The molecule has 8 heteroatoms. The molecule has 0 aliphatic rings. The van der Waals surface area contributed by atoms with Crippen molar-refractivity contribution in [3.8, 4) is 69.0 Å². The molecule has 0 N–H and O–H groups in total. The SMILES string of the molecule is CCCc1cccc(Oc2ccccc2Oc2cccc(Oc3ccccc3Oc3cccc(Oc4ccccc4Oc4cccc(CCC)c4F)c3)c2)c1F. The van der Waals surface area contributed by atoms with Gasteiger partial charge in [0.15, 0.2) is 57.6 Å². The summed E-state index contributed by atoms with van der Waals surface area (Å²) < 4.78 is 67.4. The van der Waals surface area contributed by atoms with Gasteiger partial charge in [-0.05, 0) is 96.8 Å². The zero-order valence-electron chi connectivity index (χ0n) is 31.0. The summed E-state index contributed by atoms with van der Waals surface area (Å²) in [7, 11) is 0. The Bertz CT molecular complexity index is 2240. The second-order valence-corrected chi connectivity index (χ2v) is 12.9. The normalized spacial score (nSPS) is 10.8. The highest BCUT2D eigenvalue weighted by atomic mass is 19.1. The zero-order chi connectivity index (χ0) is 38.7. The lowest BCUT2D eigenvalue weighted by Crippen LogP contribution is -1.96. The third kappa shape index (κ3) is 9.28. The summed E-state index contributed by atoms with van der Waals surface area (Å²) in [6.07, 6.45) is 2.88. The van der Waals surface area contributed by atoms with E-state index in [1.807, 2.05) is 50.2 Å². The molecule has 0 spiro atoms. The Morgan fingerprint density at radius 2 is 0.589 bits per heavy atom. The summed E-state index contributed by atoms with van der Waals surface area (Å²) in [5, 5.41) is 0. The fraction of sp³-hybridized carbons (Fsp3) is 0.125. The largest absolute Gasteiger partial charge is 0.453 e. The van der Waals surface area contributed by atoms with E-state index in [1.165, 1.54) is 0 Å². The van der Waals surface area contributed by atoms with E-state index in [-0.39, 0.29) is 23.1 Å².